The van der Waals surface area contributed by atoms with Gasteiger partial charge in [0.25, 0.3) is 5.91 Å². The zero-order valence-electron chi connectivity index (χ0n) is 16.2. The van der Waals surface area contributed by atoms with Gasteiger partial charge in [-0.15, -0.1) is 0 Å². The van der Waals surface area contributed by atoms with E-state index >= 15 is 0 Å². The Morgan fingerprint density at radius 1 is 1.10 bits per heavy atom. The molecule has 3 rings (SSSR count). The second-order valence-electron chi connectivity index (χ2n) is 7.02. The Balaban J connectivity index is 1.88. The maximum atomic E-state index is 13.4. The van der Waals surface area contributed by atoms with Crippen molar-refractivity contribution < 1.29 is 24.2 Å². The maximum Gasteiger partial charge on any atom is 0.305 e. The van der Waals surface area contributed by atoms with E-state index < -0.39 is 18.1 Å². The number of nitrogens with zero attached hydrogens (tertiary/aromatic N) is 1. The third-order valence-electron chi connectivity index (χ3n) is 5.09. The summed E-state index contributed by atoms with van der Waals surface area (Å²) in [5.74, 6) is -1.69. The fraction of sp³-hybridized carbons (Fsp3) is 0.318. The van der Waals surface area contributed by atoms with Gasteiger partial charge in [-0.1, -0.05) is 48.5 Å². The van der Waals surface area contributed by atoms with E-state index in [0.29, 0.717) is 17.5 Å². The molecule has 2 amide bonds. The molecule has 1 aliphatic rings. The van der Waals surface area contributed by atoms with E-state index in [0.717, 1.165) is 0 Å². The number of nitrogens with one attached hydrogen (secondary N) is 1. The summed E-state index contributed by atoms with van der Waals surface area (Å²) in [6, 6.07) is 16.2. The highest BCUT2D eigenvalue weighted by Gasteiger charge is 2.40. The molecule has 1 aliphatic heterocycles. The van der Waals surface area contributed by atoms with Gasteiger partial charge in [-0.3, -0.25) is 14.4 Å². The van der Waals surface area contributed by atoms with Crippen molar-refractivity contribution in [1.82, 2.24) is 10.2 Å². The summed E-state index contributed by atoms with van der Waals surface area (Å²) in [5.41, 5.74) is 1.08. The molecule has 2 N–H and O–H groups in total. The van der Waals surface area contributed by atoms with Gasteiger partial charge < -0.3 is 20.1 Å². The zero-order valence-corrected chi connectivity index (χ0v) is 16.2. The highest BCUT2D eigenvalue weighted by molar-refractivity contribution is 5.98. The predicted octanol–water partition coefficient (Wildman–Crippen LogP) is 2.25. The molecular weight excluding hydrogens is 372 g/mol. The monoisotopic (exact) mass is 396 g/mol. The smallest absolute Gasteiger partial charge is 0.305 e. The molecule has 3 atom stereocenters. The molecule has 1 saturated heterocycles. The van der Waals surface area contributed by atoms with Crippen molar-refractivity contribution in [3.63, 3.8) is 0 Å². The molecule has 0 spiro atoms. The summed E-state index contributed by atoms with van der Waals surface area (Å²) >= 11 is 0. The molecular formula is C22H24N2O5. The number of carbonyl (C=O) groups is 3. The van der Waals surface area contributed by atoms with Crippen molar-refractivity contribution in [3.05, 3.63) is 71.8 Å². The number of aliphatic carboxylic acids is 1. The minimum Gasteiger partial charge on any atom is -0.481 e. The van der Waals surface area contributed by atoms with E-state index in [1.807, 2.05) is 12.1 Å². The first-order valence-electron chi connectivity index (χ1n) is 9.45. The largest absolute Gasteiger partial charge is 0.481 e. The molecule has 0 bridgehead atoms. The van der Waals surface area contributed by atoms with E-state index in [2.05, 4.69) is 5.32 Å². The van der Waals surface area contributed by atoms with Crippen LogP contribution in [0.3, 0.4) is 0 Å². The lowest BCUT2D eigenvalue weighted by Crippen LogP contribution is -2.45. The Bertz CT molecular complexity index is 856. The molecule has 7 heteroatoms. The summed E-state index contributed by atoms with van der Waals surface area (Å²) in [5, 5.41) is 12.0. The molecule has 2 aromatic rings. The van der Waals surface area contributed by atoms with Crippen LogP contribution in [0, 0.1) is 0 Å². The second-order valence-corrected chi connectivity index (χ2v) is 7.02. The molecule has 0 aliphatic carbocycles. The van der Waals surface area contributed by atoms with Crippen LogP contribution in [0.15, 0.2) is 60.7 Å². The highest BCUT2D eigenvalue weighted by atomic mass is 16.5. The Labute approximate surface area is 169 Å². The topological polar surface area (TPSA) is 95.9 Å². The molecule has 0 aromatic heterocycles. The average molecular weight is 396 g/mol. The van der Waals surface area contributed by atoms with Crippen molar-refractivity contribution in [3.8, 4) is 0 Å². The summed E-state index contributed by atoms with van der Waals surface area (Å²) in [7, 11) is 1.54. The van der Waals surface area contributed by atoms with Crippen LogP contribution in [0.2, 0.25) is 0 Å². The SMILES string of the molecule is COC1CC(CC(=O)O)N(C(=O)C(NC(=O)c2ccccc2)c2ccccc2)C1. The van der Waals surface area contributed by atoms with Crippen LogP contribution in [0.1, 0.15) is 34.8 Å². The fourth-order valence-corrected chi connectivity index (χ4v) is 3.61. The van der Waals surface area contributed by atoms with Crippen LogP contribution in [0.4, 0.5) is 0 Å². The lowest BCUT2D eigenvalue weighted by atomic mass is 10.0. The minimum absolute atomic E-state index is 0.167. The summed E-state index contributed by atoms with van der Waals surface area (Å²) < 4.78 is 5.37. The number of amides is 2. The first kappa shape index (κ1) is 20.5. The Kier molecular flexibility index (Phi) is 6.61. The first-order valence-corrected chi connectivity index (χ1v) is 9.45. The number of benzene rings is 2. The van der Waals surface area contributed by atoms with Gasteiger partial charge in [0.05, 0.1) is 12.5 Å². The van der Waals surface area contributed by atoms with E-state index in [4.69, 9.17) is 4.74 Å². The van der Waals surface area contributed by atoms with E-state index in [9.17, 15) is 19.5 Å². The van der Waals surface area contributed by atoms with Crippen LogP contribution < -0.4 is 5.32 Å². The van der Waals surface area contributed by atoms with Crippen LogP contribution in [-0.4, -0.2) is 53.6 Å². The van der Waals surface area contributed by atoms with E-state index in [-0.39, 0.29) is 30.9 Å². The number of methoxy groups -OCH3 is 1. The molecule has 7 nitrogen and oxygen atoms in total. The fourth-order valence-electron chi connectivity index (χ4n) is 3.61. The molecule has 152 valence electrons. The molecule has 0 radical (unpaired) electrons. The summed E-state index contributed by atoms with van der Waals surface area (Å²) in [6.07, 6.45) is 0.0483. The van der Waals surface area contributed by atoms with E-state index in [1.54, 1.807) is 55.6 Å². The highest BCUT2D eigenvalue weighted by Crippen LogP contribution is 2.27. The number of hydrogen-bond donors (Lipinski definition) is 2. The zero-order chi connectivity index (χ0) is 20.8. The van der Waals surface area contributed by atoms with Gasteiger partial charge in [0.1, 0.15) is 6.04 Å². The molecule has 1 heterocycles. The minimum atomic E-state index is -0.978. The van der Waals surface area contributed by atoms with Gasteiger partial charge >= 0.3 is 5.97 Å². The normalized spacial score (nSPS) is 19.6. The van der Waals surface area contributed by atoms with Crippen molar-refractivity contribution in [2.45, 2.75) is 31.0 Å². The quantitative estimate of drug-likeness (QED) is 0.748. The number of ether oxygens (including phenoxy) is 1. The van der Waals surface area contributed by atoms with Crippen LogP contribution in [0.25, 0.3) is 0 Å². The molecule has 1 fully saturated rings. The van der Waals surface area contributed by atoms with Gasteiger partial charge in [0, 0.05) is 25.3 Å². The van der Waals surface area contributed by atoms with Crippen LogP contribution in [-0.2, 0) is 14.3 Å². The van der Waals surface area contributed by atoms with Crippen molar-refractivity contribution in [2.24, 2.45) is 0 Å². The number of carboxylic acids is 1. The van der Waals surface area contributed by atoms with Crippen molar-refractivity contribution >= 4 is 17.8 Å². The van der Waals surface area contributed by atoms with Crippen molar-refractivity contribution in [2.75, 3.05) is 13.7 Å². The van der Waals surface area contributed by atoms with Gasteiger partial charge in [0.2, 0.25) is 5.91 Å². The van der Waals surface area contributed by atoms with Gasteiger partial charge in [-0.2, -0.15) is 0 Å². The van der Waals surface area contributed by atoms with Gasteiger partial charge in [-0.05, 0) is 24.1 Å². The third kappa shape index (κ3) is 5.00. The average Bonchev–Trinajstić information content (AvgIpc) is 3.14. The predicted molar refractivity (Wildman–Crippen MR) is 106 cm³/mol. The Morgan fingerprint density at radius 2 is 1.72 bits per heavy atom. The Morgan fingerprint density at radius 3 is 2.31 bits per heavy atom. The molecule has 3 unspecified atom stereocenters. The number of carbonyl (C=O) groups excluding carboxylic acids is 2. The Hall–Kier alpha value is -3.19. The maximum absolute atomic E-state index is 13.4. The lowest BCUT2D eigenvalue weighted by Gasteiger charge is -2.29. The van der Waals surface area contributed by atoms with Crippen LogP contribution in [0.5, 0.6) is 0 Å². The number of carboxylic acid groups (broad SMARTS) is 1. The number of likely N-dealkylation sites (tertiary alicyclic amines) is 1. The molecule has 2 aromatic carbocycles. The summed E-state index contributed by atoms with van der Waals surface area (Å²) in [4.78, 5) is 38.9. The second kappa shape index (κ2) is 9.34. The summed E-state index contributed by atoms with van der Waals surface area (Å²) in [6.45, 7) is 0.290. The van der Waals surface area contributed by atoms with Gasteiger partial charge in [0.15, 0.2) is 0 Å². The van der Waals surface area contributed by atoms with Crippen LogP contribution >= 0.6 is 0 Å². The first-order chi connectivity index (χ1) is 14.0. The van der Waals surface area contributed by atoms with Crippen molar-refractivity contribution in [1.29, 1.82) is 0 Å². The van der Waals surface area contributed by atoms with Gasteiger partial charge in [-0.25, -0.2) is 0 Å². The molecule has 0 saturated carbocycles. The van der Waals surface area contributed by atoms with E-state index in [1.165, 1.54) is 4.90 Å². The molecule has 29 heavy (non-hydrogen) atoms. The number of hydrogen-bond acceptors (Lipinski definition) is 4. The number of rotatable bonds is 7. The standard InChI is InChI=1S/C22H24N2O5/c1-29-18-12-17(13-19(25)26)24(14-18)22(28)20(15-8-4-2-5-9-15)23-21(27)16-10-6-3-7-11-16/h2-11,17-18,20H,12-14H2,1H3,(H,23,27)(H,25,26). The lowest BCUT2D eigenvalue weighted by molar-refractivity contribution is -0.140. The third-order valence-corrected chi connectivity index (χ3v) is 5.09.